The first kappa shape index (κ1) is 21.6. The molecule has 0 radical (unpaired) electrons. The van der Waals surface area contributed by atoms with Crippen molar-refractivity contribution in [2.45, 2.75) is 45.9 Å². The van der Waals surface area contributed by atoms with Crippen LogP contribution in [0.15, 0.2) is 17.1 Å². The van der Waals surface area contributed by atoms with Crippen molar-refractivity contribution < 1.29 is 24.2 Å². The van der Waals surface area contributed by atoms with Gasteiger partial charge in [0, 0.05) is 30.9 Å². The molecule has 0 bridgehead atoms. The molecule has 0 atom stereocenters. The number of aromatic nitrogens is 3. The highest BCUT2D eigenvalue weighted by Crippen LogP contribution is 2.28. The molecule has 0 unspecified atom stereocenters. The van der Waals surface area contributed by atoms with Gasteiger partial charge in [-0.05, 0) is 26.8 Å². The van der Waals surface area contributed by atoms with Crippen LogP contribution in [0.1, 0.15) is 48.1 Å². The minimum Gasteiger partial charge on any atom is -0.506 e. The van der Waals surface area contributed by atoms with Crippen LogP contribution in [0.5, 0.6) is 5.75 Å². The lowest BCUT2D eigenvalue weighted by Crippen LogP contribution is -2.39. The number of nitrogens with zero attached hydrogens (tertiary/aromatic N) is 3. The number of carbonyl (C=O) groups is 2. The van der Waals surface area contributed by atoms with E-state index in [2.05, 4.69) is 10.4 Å². The van der Waals surface area contributed by atoms with Gasteiger partial charge in [-0.15, -0.1) is 0 Å². The second-order valence-corrected chi connectivity index (χ2v) is 8.09. The maximum atomic E-state index is 13.1. The number of hydrogen-bond donors (Lipinski definition) is 2. The van der Waals surface area contributed by atoms with Crippen molar-refractivity contribution in [1.82, 2.24) is 19.7 Å². The predicted octanol–water partition coefficient (Wildman–Crippen LogP) is 0.480. The Labute approximate surface area is 173 Å². The number of aromatic hydroxyl groups is 1. The normalized spacial score (nSPS) is 13.6. The maximum Gasteiger partial charge on any atom is 0.325 e. The molecule has 30 heavy (non-hydrogen) atoms. The van der Waals surface area contributed by atoms with E-state index < -0.39 is 40.9 Å². The maximum absolute atomic E-state index is 13.1. The summed E-state index contributed by atoms with van der Waals surface area (Å²) in [6.07, 6.45) is 2.18. The van der Waals surface area contributed by atoms with Crippen molar-refractivity contribution >= 4 is 11.9 Å². The van der Waals surface area contributed by atoms with Crippen molar-refractivity contribution in [3.63, 3.8) is 0 Å². The van der Waals surface area contributed by atoms with E-state index in [4.69, 9.17) is 9.47 Å². The molecule has 0 saturated carbocycles. The van der Waals surface area contributed by atoms with E-state index in [1.807, 2.05) is 0 Å². The Hall–Kier alpha value is -3.14. The second-order valence-electron chi connectivity index (χ2n) is 8.09. The van der Waals surface area contributed by atoms with Crippen LogP contribution < -0.4 is 10.9 Å². The lowest BCUT2D eigenvalue weighted by atomic mass is 10.0. The molecule has 1 amide bonds. The van der Waals surface area contributed by atoms with Gasteiger partial charge in [-0.3, -0.25) is 19.1 Å². The van der Waals surface area contributed by atoms with E-state index in [-0.39, 0.29) is 13.2 Å². The summed E-state index contributed by atoms with van der Waals surface area (Å²) in [6.45, 7) is 5.32. The molecule has 0 aliphatic carbocycles. The lowest BCUT2D eigenvalue weighted by Gasteiger charge is -2.24. The number of esters is 1. The third kappa shape index (κ3) is 4.70. The molecular weight excluding hydrogens is 392 g/mol. The molecule has 0 spiro atoms. The monoisotopic (exact) mass is 418 g/mol. The van der Waals surface area contributed by atoms with E-state index in [1.54, 1.807) is 44.8 Å². The summed E-state index contributed by atoms with van der Waals surface area (Å²) < 4.78 is 13.6. The summed E-state index contributed by atoms with van der Waals surface area (Å²) in [7, 11) is 1.77. The number of pyridine rings is 1. The third-order valence-corrected chi connectivity index (χ3v) is 4.51. The number of hydrogen-bond acceptors (Lipinski definition) is 7. The van der Waals surface area contributed by atoms with Crippen LogP contribution in [-0.2, 0) is 40.9 Å². The third-order valence-electron chi connectivity index (χ3n) is 4.51. The molecule has 0 fully saturated rings. The van der Waals surface area contributed by atoms with Crippen LogP contribution in [0.3, 0.4) is 0 Å². The summed E-state index contributed by atoms with van der Waals surface area (Å²) in [6, 6.07) is 1.77. The predicted molar refractivity (Wildman–Crippen MR) is 106 cm³/mol. The fourth-order valence-electron chi connectivity index (χ4n) is 3.29. The van der Waals surface area contributed by atoms with E-state index >= 15 is 0 Å². The van der Waals surface area contributed by atoms with Crippen LogP contribution in [0.25, 0.3) is 0 Å². The average molecular weight is 418 g/mol. The zero-order valence-electron chi connectivity index (χ0n) is 17.5. The Morgan fingerprint density at radius 1 is 1.37 bits per heavy atom. The fourth-order valence-corrected chi connectivity index (χ4v) is 3.29. The van der Waals surface area contributed by atoms with Crippen LogP contribution in [0, 0.1) is 0 Å². The van der Waals surface area contributed by atoms with Crippen molar-refractivity contribution in [3.05, 3.63) is 45.1 Å². The largest absolute Gasteiger partial charge is 0.506 e. The van der Waals surface area contributed by atoms with E-state index in [0.29, 0.717) is 30.0 Å². The number of ether oxygens (including phenoxy) is 2. The molecule has 2 N–H and O–H groups in total. The highest BCUT2D eigenvalue weighted by Gasteiger charge is 2.28. The van der Waals surface area contributed by atoms with Crippen molar-refractivity contribution in [1.29, 1.82) is 0 Å². The number of carbonyl (C=O) groups excluding carboxylic acids is 2. The van der Waals surface area contributed by atoms with Crippen molar-refractivity contribution in [2.24, 2.45) is 7.05 Å². The Kier molecular flexibility index (Phi) is 5.97. The summed E-state index contributed by atoms with van der Waals surface area (Å²) in [5.74, 6) is -1.93. The minimum atomic E-state index is -0.855. The number of nitrogens with one attached hydrogen (secondary N) is 1. The summed E-state index contributed by atoms with van der Waals surface area (Å²) >= 11 is 0. The van der Waals surface area contributed by atoms with Crippen molar-refractivity contribution in [2.75, 3.05) is 13.2 Å². The number of amides is 1. The SMILES string of the molecule is Cn1ccc(Cn2c3c(c(O)c(C(=O)NCC(=O)OC(C)(C)C)c2=O)COCC3)n1. The molecule has 2 aromatic heterocycles. The standard InChI is InChI=1S/C20H26N4O6/c1-20(2,3)30-15(25)9-21-18(27)16-17(26)13-11-29-8-6-14(13)24(19(16)28)10-12-5-7-23(4)22-12/h5,7,26H,6,8-11H2,1-4H3,(H,21,27). The van der Waals surface area contributed by atoms with Crippen molar-refractivity contribution in [3.8, 4) is 5.75 Å². The zero-order valence-corrected chi connectivity index (χ0v) is 17.5. The van der Waals surface area contributed by atoms with Gasteiger partial charge in [0.05, 0.1) is 25.5 Å². The van der Waals surface area contributed by atoms with E-state index in [1.165, 1.54) is 4.57 Å². The highest BCUT2D eigenvalue weighted by molar-refractivity contribution is 5.98. The summed E-state index contributed by atoms with van der Waals surface area (Å²) in [4.78, 5) is 37.7. The van der Waals surface area contributed by atoms with Gasteiger partial charge in [0.1, 0.15) is 23.5 Å². The first-order chi connectivity index (χ1) is 14.1. The van der Waals surface area contributed by atoms with Gasteiger partial charge in [0.25, 0.3) is 11.5 Å². The fraction of sp³-hybridized carbons (Fsp3) is 0.500. The van der Waals surface area contributed by atoms with Crippen LogP contribution in [0.4, 0.5) is 0 Å². The molecule has 3 heterocycles. The smallest absolute Gasteiger partial charge is 0.325 e. The molecule has 3 rings (SSSR count). The number of rotatable bonds is 5. The molecule has 0 saturated heterocycles. The Morgan fingerprint density at radius 3 is 2.73 bits per heavy atom. The lowest BCUT2D eigenvalue weighted by molar-refractivity contribution is -0.153. The topological polar surface area (TPSA) is 125 Å². The Bertz CT molecular complexity index is 1030. The summed E-state index contributed by atoms with van der Waals surface area (Å²) in [5, 5.41) is 17.3. The minimum absolute atomic E-state index is 0.0794. The first-order valence-electron chi connectivity index (χ1n) is 9.60. The second kappa shape index (κ2) is 8.31. The molecule has 162 valence electrons. The molecule has 10 heteroatoms. The van der Waals surface area contributed by atoms with Gasteiger partial charge in [-0.1, -0.05) is 0 Å². The van der Waals surface area contributed by atoms with Gasteiger partial charge < -0.3 is 24.5 Å². The van der Waals surface area contributed by atoms with E-state index in [9.17, 15) is 19.5 Å². The van der Waals surface area contributed by atoms with Gasteiger partial charge in [0.2, 0.25) is 0 Å². The van der Waals surface area contributed by atoms with Gasteiger partial charge in [-0.2, -0.15) is 5.10 Å². The van der Waals surface area contributed by atoms with Crippen LogP contribution in [0.2, 0.25) is 0 Å². The quantitative estimate of drug-likeness (QED) is 0.677. The highest BCUT2D eigenvalue weighted by atomic mass is 16.6. The van der Waals surface area contributed by atoms with Gasteiger partial charge in [0.15, 0.2) is 0 Å². The van der Waals surface area contributed by atoms with Crippen LogP contribution >= 0.6 is 0 Å². The van der Waals surface area contributed by atoms with Crippen LogP contribution in [-0.4, -0.2) is 50.1 Å². The molecule has 0 aromatic carbocycles. The first-order valence-corrected chi connectivity index (χ1v) is 9.60. The molecular formula is C20H26N4O6. The van der Waals surface area contributed by atoms with E-state index in [0.717, 1.165) is 0 Å². The molecule has 1 aliphatic rings. The molecule has 2 aromatic rings. The number of aryl methyl sites for hydroxylation is 1. The molecule has 1 aliphatic heterocycles. The summed E-state index contributed by atoms with van der Waals surface area (Å²) in [5.41, 5.74) is -0.154. The van der Waals surface area contributed by atoms with Gasteiger partial charge >= 0.3 is 5.97 Å². The number of fused-ring (bicyclic) bond motifs is 1. The molecule has 10 nitrogen and oxygen atoms in total. The van der Waals surface area contributed by atoms with Gasteiger partial charge in [-0.25, -0.2) is 0 Å². The average Bonchev–Trinajstić information content (AvgIpc) is 3.07. The Balaban J connectivity index is 1.94. The Morgan fingerprint density at radius 2 is 2.10 bits per heavy atom. The zero-order chi connectivity index (χ0) is 22.1.